The van der Waals surface area contributed by atoms with Gasteiger partial charge in [0, 0.05) is 8.97 Å². The topological polar surface area (TPSA) is 102 Å². The number of aromatic nitrogens is 2. The van der Waals surface area contributed by atoms with E-state index in [0.29, 0.717) is 17.0 Å². The molecule has 0 amide bonds. The zero-order valence-corrected chi connectivity index (χ0v) is 18.2. The third kappa shape index (κ3) is 3.44. The van der Waals surface area contributed by atoms with E-state index in [4.69, 9.17) is 10.5 Å². The first-order valence-electron chi connectivity index (χ1n) is 8.59. The standard InChI is InChI=1S/C20H21IN4O3/c1-20(2,3)17(21)12(23-10-22)9-13-19(27)25-14(18(26)24-13)8-11-6-5-7-15(28-4)16(11)25/h5-10H,1-4H3,(H2,22,23)(H,24,26)/b13-9-,17-12-. The molecule has 2 heterocycles. The number of benzene rings is 1. The monoisotopic (exact) mass is 492 g/mol. The number of para-hydroxylation sites is 1. The predicted molar refractivity (Wildman–Crippen MR) is 121 cm³/mol. The van der Waals surface area contributed by atoms with Crippen LogP contribution in [0, 0.1) is 5.41 Å². The molecular weight excluding hydrogens is 471 g/mol. The number of ether oxygens (including phenoxy) is 1. The molecule has 3 aromatic rings. The van der Waals surface area contributed by atoms with Crippen molar-refractivity contribution < 1.29 is 4.74 Å². The number of fused-ring (bicyclic) bond motifs is 3. The Balaban J connectivity index is 2.48. The summed E-state index contributed by atoms with van der Waals surface area (Å²) < 4.78 is 7.68. The largest absolute Gasteiger partial charge is 0.495 e. The summed E-state index contributed by atoms with van der Waals surface area (Å²) in [5, 5.41) is 0.874. The van der Waals surface area contributed by atoms with Crippen molar-refractivity contribution in [2.75, 3.05) is 7.11 Å². The lowest BCUT2D eigenvalue weighted by atomic mass is 9.95. The molecule has 0 aliphatic carbocycles. The molecule has 3 rings (SSSR count). The van der Waals surface area contributed by atoms with E-state index in [1.807, 2.05) is 32.9 Å². The third-order valence-corrected chi connectivity index (χ3v) is 6.47. The molecule has 28 heavy (non-hydrogen) atoms. The molecule has 2 aromatic heterocycles. The van der Waals surface area contributed by atoms with Crippen LogP contribution in [0.15, 0.2) is 48.1 Å². The Morgan fingerprint density at radius 2 is 2.04 bits per heavy atom. The molecule has 0 fully saturated rings. The molecular formula is C20H21IN4O3. The molecule has 8 heteroatoms. The van der Waals surface area contributed by atoms with Crippen molar-refractivity contribution in [2.24, 2.45) is 16.1 Å². The molecule has 0 aliphatic rings. The summed E-state index contributed by atoms with van der Waals surface area (Å²) in [6.45, 7) is 6.09. The molecule has 0 spiro atoms. The number of methoxy groups -OCH3 is 1. The van der Waals surface area contributed by atoms with Gasteiger partial charge in [-0.3, -0.25) is 14.0 Å². The van der Waals surface area contributed by atoms with E-state index >= 15 is 0 Å². The molecule has 7 nitrogen and oxygen atoms in total. The number of aliphatic imine (C=N–C) groups is 1. The Bertz CT molecular complexity index is 1290. The van der Waals surface area contributed by atoms with Gasteiger partial charge in [0.15, 0.2) is 0 Å². The van der Waals surface area contributed by atoms with E-state index < -0.39 is 0 Å². The van der Waals surface area contributed by atoms with Gasteiger partial charge in [-0.05, 0) is 46.2 Å². The van der Waals surface area contributed by atoms with Crippen LogP contribution in [0.2, 0.25) is 0 Å². The maximum atomic E-state index is 13.2. The summed E-state index contributed by atoms with van der Waals surface area (Å²) in [7, 11) is 1.53. The summed E-state index contributed by atoms with van der Waals surface area (Å²) in [5.74, 6) is 0.520. The number of hydrogen-bond donors (Lipinski definition) is 2. The van der Waals surface area contributed by atoms with Gasteiger partial charge in [-0.25, -0.2) is 4.99 Å². The Morgan fingerprint density at radius 3 is 2.64 bits per heavy atom. The summed E-state index contributed by atoms with van der Waals surface area (Å²) >= 11 is 2.18. The second-order valence-corrected chi connectivity index (χ2v) is 8.39. The maximum absolute atomic E-state index is 13.2. The van der Waals surface area contributed by atoms with Crippen molar-refractivity contribution >= 4 is 51.4 Å². The van der Waals surface area contributed by atoms with Crippen LogP contribution >= 0.6 is 22.6 Å². The van der Waals surface area contributed by atoms with E-state index in [9.17, 15) is 9.59 Å². The van der Waals surface area contributed by atoms with Gasteiger partial charge < -0.3 is 15.5 Å². The minimum Gasteiger partial charge on any atom is -0.495 e. The van der Waals surface area contributed by atoms with Crippen LogP contribution in [0.1, 0.15) is 20.8 Å². The van der Waals surface area contributed by atoms with Crippen molar-refractivity contribution in [1.29, 1.82) is 0 Å². The Labute approximate surface area is 174 Å². The van der Waals surface area contributed by atoms with E-state index in [1.54, 1.807) is 18.2 Å². The van der Waals surface area contributed by atoms with Gasteiger partial charge in [0.2, 0.25) is 0 Å². The van der Waals surface area contributed by atoms with Gasteiger partial charge in [-0.1, -0.05) is 32.9 Å². The number of hydrogen-bond acceptors (Lipinski definition) is 4. The van der Waals surface area contributed by atoms with Crippen LogP contribution in [0.3, 0.4) is 0 Å². The van der Waals surface area contributed by atoms with Gasteiger partial charge in [0.25, 0.3) is 11.1 Å². The smallest absolute Gasteiger partial charge is 0.279 e. The first-order valence-corrected chi connectivity index (χ1v) is 9.67. The fourth-order valence-electron chi connectivity index (χ4n) is 2.99. The van der Waals surface area contributed by atoms with Gasteiger partial charge in [0.05, 0.1) is 24.7 Å². The number of aromatic amines is 1. The van der Waals surface area contributed by atoms with Crippen LogP contribution in [-0.2, 0) is 0 Å². The van der Waals surface area contributed by atoms with E-state index in [1.165, 1.54) is 17.8 Å². The highest BCUT2D eigenvalue weighted by molar-refractivity contribution is 14.1. The Morgan fingerprint density at radius 1 is 1.32 bits per heavy atom. The van der Waals surface area contributed by atoms with Crippen LogP contribution in [0.5, 0.6) is 5.75 Å². The first-order chi connectivity index (χ1) is 13.2. The SMILES string of the molecule is COc1cccc2cc3c(=O)[nH]/c(=C\C(N=CN)=C(\I)C(C)(C)C)c(=O)n3c12. The second kappa shape index (κ2) is 7.42. The van der Waals surface area contributed by atoms with E-state index in [2.05, 4.69) is 32.6 Å². The van der Waals surface area contributed by atoms with Crippen LogP contribution in [0.25, 0.3) is 22.5 Å². The lowest BCUT2D eigenvalue weighted by Crippen LogP contribution is -2.39. The molecule has 146 valence electrons. The lowest BCUT2D eigenvalue weighted by molar-refractivity contribution is 0.418. The molecule has 0 radical (unpaired) electrons. The third-order valence-electron chi connectivity index (χ3n) is 4.30. The molecule has 0 saturated carbocycles. The number of nitrogens with one attached hydrogen (secondary N) is 1. The number of halogens is 1. The van der Waals surface area contributed by atoms with Crippen molar-refractivity contribution in [3.8, 4) is 5.75 Å². The summed E-state index contributed by atoms with van der Waals surface area (Å²) in [4.78, 5) is 32.8. The van der Waals surface area contributed by atoms with Crippen LogP contribution in [0.4, 0.5) is 0 Å². The highest BCUT2D eigenvalue weighted by Crippen LogP contribution is 2.34. The molecule has 1 aromatic carbocycles. The molecule has 0 atom stereocenters. The van der Waals surface area contributed by atoms with Gasteiger partial charge >= 0.3 is 0 Å². The minimum atomic E-state index is -0.369. The quantitative estimate of drug-likeness (QED) is 0.333. The zero-order valence-electron chi connectivity index (χ0n) is 16.0. The van der Waals surface area contributed by atoms with Crippen molar-refractivity contribution in [3.05, 3.63) is 59.6 Å². The fraction of sp³-hybridized carbons (Fsp3) is 0.250. The van der Waals surface area contributed by atoms with Crippen molar-refractivity contribution in [2.45, 2.75) is 20.8 Å². The first kappa shape index (κ1) is 20.1. The predicted octanol–water partition coefficient (Wildman–Crippen LogP) is 2.33. The highest BCUT2D eigenvalue weighted by Gasteiger charge is 2.19. The maximum Gasteiger partial charge on any atom is 0.279 e. The number of allylic oxidation sites excluding steroid dienone is 2. The number of H-pyrrole nitrogens is 1. The van der Waals surface area contributed by atoms with Gasteiger partial charge in [-0.2, -0.15) is 0 Å². The molecule has 0 bridgehead atoms. The number of rotatable bonds is 3. The molecule has 0 aliphatic heterocycles. The highest BCUT2D eigenvalue weighted by atomic mass is 127. The minimum absolute atomic E-state index is 0.125. The zero-order chi connectivity index (χ0) is 20.6. The summed E-state index contributed by atoms with van der Waals surface area (Å²) in [6, 6.07) is 7.08. The average Bonchev–Trinajstić information content (AvgIpc) is 3.04. The average molecular weight is 492 g/mol. The Kier molecular flexibility index (Phi) is 5.33. The van der Waals surface area contributed by atoms with Gasteiger partial charge in [-0.15, -0.1) is 0 Å². The number of nitrogens with zero attached hydrogens (tertiary/aromatic N) is 2. The normalized spacial score (nSPS) is 14.2. The molecule has 0 saturated heterocycles. The van der Waals surface area contributed by atoms with Crippen molar-refractivity contribution in [3.63, 3.8) is 0 Å². The van der Waals surface area contributed by atoms with E-state index in [0.717, 1.165) is 8.97 Å². The Hall–Kier alpha value is -2.62. The number of nitrogens with two attached hydrogens (primary N) is 1. The fourth-order valence-corrected chi connectivity index (χ4v) is 3.28. The second-order valence-electron chi connectivity index (χ2n) is 7.31. The van der Waals surface area contributed by atoms with Crippen LogP contribution in [-0.4, -0.2) is 22.8 Å². The summed E-state index contributed by atoms with van der Waals surface area (Å²) in [6.07, 6.45) is 2.73. The van der Waals surface area contributed by atoms with Gasteiger partial charge in [0.1, 0.15) is 16.6 Å². The molecule has 3 N–H and O–H groups in total. The van der Waals surface area contributed by atoms with E-state index in [-0.39, 0.29) is 27.4 Å². The summed E-state index contributed by atoms with van der Waals surface area (Å²) in [5.41, 5.74) is 5.91. The lowest BCUT2D eigenvalue weighted by Gasteiger charge is -2.19. The van der Waals surface area contributed by atoms with Crippen LogP contribution < -0.4 is 26.9 Å². The van der Waals surface area contributed by atoms with Crippen molar-refractivity contribution in [1.82, 2.24) is 9.38 Å². The molecule has 0 unspecified atom stereocenters.